The number of methoxy groups -OCH3 is 1. The minimum Gasteiger partial charge on any atom is -0.497 e. The van der Waals surface area contributed by atoms with Crippen LogP contribution in [0, 0.1) is 5.92 Å². The maximum Gasteiger partial charge on any atom is 0.133 e. The third-order valence-electron chi connectivity index (χ3n) is 6.89. The summed E-state index contributed by atoms with van der Waals surface area (Å²) in [6.07, 6.45) is 7.03. The van der Waals surface area contributed by atoms with E-state index in [2.05, 4.69) is 58.0 Å². The maximum atomic E-state index is 9.82. The number of benzene rings is 2. The Morgan fingerprint density at radius 2 is 1.94 bits per heavy atom. The molecule has 0 fully saturated rings. The van der Waals surface area contributed by atoms with Gasteiger partial charge in [0.05, 0.1) is 7.11 Å². The van der Waals surface area contributed by atoms with Gasteiger partial charge in [0.2, 0.25) is 0 Å². The third-order valence-corrected chi connectivity index (χ3v) is 6.89. The monoisotopic (exact) mass is 445 g/mol. The zero-order valence-electron chi connectivity index (χ0n) is 18.9. The Morgan fingerprint density at radius 1 is 1.12 bits per heavy atom. The number of aliphatic hydroxyl groups excluding tert-OH is 1. The Kier molecular flexibility index (Phi) is 6.33. The van der Waals surface area contributed by atoms with E-state index >= 15 is 0 Å². The van der Waals surface area contributed by atoms with Crippen molar-refractivity contribution >= 4 is 10.9 Å². The lowest BCUT2D eigenvalue weighted by Gasteiger charge is -2.28. The summed E-state index contributed by atoms with van der Waals surface area (Å²) in [6, 6.07) is 17.1. The highest BCUT2D eigenvalue weighted by atomic mass is 16.5. The zero-order valence-corrected chi connectivity index (χ0v) is 18.9. The molecule has 3 aromatic rings. The Hall–Kier alpha value is -2.90. The number of hydrogen-bond donors (Lipinski definition) is 3. The van der Waals surface area contributed by atoms with Gasteiger partial charge in [0.25, 0.3) is 0 Å². The minimum atomic E-state index is -0.934. The summed E-state index contributed by atoms with van der Waals surface area (Å²) in [5.74, 6) is 0.780. The van der Waals surface area contributed by atoms with Gasteiger partial charge in [0.1, 0.15) is 12.0 Å². The van der Waals surface area contributed by atoms with E-state index in [1.165, 1.54) is 33.3 Å². The molecule has 0 spiro atoms. The number of aromatic nitrogens is 1. The van der Waals surface area contributed by atoms with Crippen LogP contribution in [0.2, 0.25) is 0 Å². The van der Waals surface area contributed by atoms with Crippen molar-refractivity contribution < 1.29 is 15.1 Å². The van der Waals surface area contributed by atoms with Crippen molar-refractivity contribution in [1.82, 2.24) is 14.9 Å². The van der Waals surface area contributed by atoms with Crippen LogP contribution in [-0.2, 0) is 26.1 Å². The first kappa shape index (κ1) is 21.9. The van der Waals surface area contributed by atoms with Crippen LogP contribution in [0.5, 0.6) is 5.75 Å². The van der Waals surface area contributed by atoms with Gasteiger partial charge in [-0.2, -0.15) is 5.48 Å². The summed E-state index contributed by atoms with van der Waals surface area (Å²) in [5.41, 5.74) is 8.62. The Morgan fingerprint density at radius 3 is 2.67 bits per heavy atom. The van der Waals surface area contributed by atoms with Gasteiger partial charge < -0.3 is 19.6 Å². The lowest BCUT2D eigenvalue weighted by molar-refractivity contribution is -0.0220. The Labute approximate surface area is 194 Å². The number of nitrogens with zero attached hydrogens (tertiary/aromatic N) is 2. The molecule has 2 atom stereocenters. The zero-order chi connectivity index (χ0) is 22.8. The number of aliphatic hydroxyl groups is 1. The number of ether oxygens (including phenoxy) is 1. The fraction of sp³-hybridized carbons (Fsp3) is 0.333. The first-order chi connectivity index (χ1) is 16.2. The lowest BCUT2D eigenvalue weighted by atomic mass is 9.95. The molecule has 2 aromatic carbocycles. The molecule has 1 aliphatic carbocycles. The van der Waals surface area contributed by atoms with Gasteiger partial charge in [-0.15, -0.1) is 0 Å². The number of hydroxylamine groups is 1. The molecule has 172 valence electrons. The van der Waals surface area contributed by atoms with Gasteiger partial charge in [-0.1, -0.05) is 48.6 Å². The molecule has 1 aliphatic heterocycles. The fourth-order valence-corrected chi connectivity index (χ4v) is 5.07. The summed E-state index contributed by atoms with van der Waals surface area (Å²) >= 11 is 0. The summed E-state index contributed by atoms with van der Waals surface area (Å²) in [5, 5.41) is 20.1. The highest BCUT2D eigenvalue weighted by Gasteiger charge is 2.25. The summed E-state index contributed by atoms with van der Waals surface area (Å²) < 4.78 is 7.75. The van der Waals surface area contributed by atoms with Crippen LogP contribution in [0.25, 0.3) is 10.9 Å². The van der Waals surface area contributed by atoms with E-state index in [1.807, 2.05) is 23.7 Å². The van der Waals surface area contributed by atoms with Gasteiger partial charge in [-0.05, 0) is 41.3 Å². The van der Waals surface area contributed by atoms with Crippen LogP contribution in [0.3, 0.4) is 0 Å². The van der Waals surface area contributed by atoms with Gasteiger partial charge in [-0.3, -0.25) is 4.90 Å². The second-order valence-electron chi connectivity index (χ2n) is 8.95. The molecule has 0 bridgehead atoms. The van der Waals surface area contributed by atoms with E-state index < -0.39 is 6.23 Å². The molecular formula is C27H31N3O3. The van der Waals surface area contributed by atoms with E-state index in [0.29, 0.717) is 6.42 Å². The number of rotatable bonds is 7. The summed E-state index contributed by atoms with van der Waals surface area (Å²) in [4.78, 5) is 2.52. The average molecular weight is 446 g/mol. The topological polar surface area (TPSA) is 69.9 Å². The van der Waals surface area contributed by atoms with Gasteiger partial charge in [-0.25, -0.2) is 0 Å². The van der Waals surface area contributed by atoms with E-state index in [0.717, 1.165) is 38.3 Å². The molecule has 0 saturated carbocycles. The van der Waals surface area contributed by atoms with E-state index in [1.54, 1.807) is 7.11 Å². The number of nitrogens with one attached hydrogen (secondary N) is 1. The third kappa shape index (κ3) is 4.48. The van der Waals surface area contributed by atoms with E-state index in [4.69, 9.17) is 9.94 Å². The molecule has 2 unspecified atom stereocenters. The van der Waals surface area contributed by atoms with Crippen molar-refractivity contribution in [2.45, 2.75) is 38.7 Å². The minimum absolute atomic E-state index is 0.111. The van der Waals surface area contributed by atoms with Gasteiger partial charge in [0.15, 0.2) is 0 Å². The van der Waals surface area contributed by atoms with Gasteiger partial charge in [0, 0.05) is 55.1 Å². The van der Waals surface area contributed by atoms with Crippen molar-refractivity contribution in [3.63, 3.8) is 0 Å². The highest BCUT2D eigenvalue weighted by Crippen LogP contribution is 2.33. The fourth-order valence-electron chi connectivity index (χ4n) is 5.07. The van der Waals surface area contributed by atoms with Crippen molar-refractivity contribution in [2.75, 3.05) is 13.7 Å². The van der Waals surface area contributed by atoms with Crippen molar-refractivity contribution in [1.29, 1.82) is 0 Å². The largest absolute Gasteiger partial charge is 0.497 e. The number of allylic oxidation sites excluding steroid dienone is 3. The molecular weight excluding hydrogens is 414 g/mol. The van der Waals surface area contributed by atoms with Crippen LogP contribution in [0.1, 0.15) is 23.2 Å². The summed E-state index contributed by atoms with van der Waals surface area (Å²) in [7, 11) is 1.70. The molecule has 6 nitrogen and oxygen atoms in total. The van der Waals surface area contributed by atoms with Crippen molar-refractivity contribution in [3.8, 4) is 5.75 Å². The predicted octanol–water partition coefficient (Wildman–Crippen LogP) is 4.01. The first-order valence-corrected chi connectivity index (χ1v) is 11.6. The number of fused-ring (bicyclic) bond motifs is 3. The molecule has 2 aliphatic rings. The van der Waals surface area contributed by atoms with Crippen molar-refractivity contribution in [3.05, 3.63) is 89.2 Å². The molecule has 2 heterocycles. The SMILES string of the molecule is COc1ccc(CN2CCc3c(c4ccccc4n3CC3=CCC(C(O)NO)C=C3)C2)cc1. The van der Waals surface area contributed by atoms with Crippen LogP contribution in [0.4, 0.5) is 0 Å². The first-order valence-electron chi connectivity index (χ1n) is 11.6. The standard InChI is InChI=1S/C27H31N3O3/c1-33-22-12-8-19(9-13-22)16-29-15-14-26-24(18-29)23-4-2-3-5-25(23)30(26)17-20-6-10-21(11-7-20)27(31)28-32/h2-10,12-13,21,27-28,31-32H,11,14-18H2,1H3. The quantitative estimate of drug-likeness (QED) is 0.379. The van der Waals surface area contributed by atoms with E-state index in [9.17, 15) is 5.11 Å². The lowest BCUT2D eigenvalue weighted by Crippen LogP contribution is -2.33. The predicted molar refractivity (Wildman–Crippen MR) is 129 cm³/mol. The van der Waals surface area contributed by atoms with Crippen LogP contribution >= 0.6 is 0 Å². The molecule has 0 saturated heterocycles. The normalized spacial score (nSPS) is 19.4. The number of para-hydroxylation sites is 1. The number of hydrogen-bond acceptors (Lipinski definition) is 5. The smallest absolute Gasteiger partial charge is 0.133 e. The molecule has 3 N–H and O–H groups in total. The molecule has 33 heavy (non-hydrogen) atoms. The molecule has 1 aromatic heterocycles. The molecule has 6 heteroatoms. The molecule has 0 amide bonds. The molecule has 0 radical (unpaired) electrons. The molecule has 5 rings (SSSR count). The Balaban J connectivity index is 1.37. The van der Waals surface area contributed by atoms with E-state index in [-0.39, 0.29) is 5.92 Å². The van der Waals surface area contributed by atoms with Gasteiger partial charge >= 0.3 is 0 Å². The maximum absolute atomic E-state index is 9.82. The second-order valence-corrected chi connectivity index (χ2v) is 8.95. The van der Waals surface area contributed by atoms with Crippen LogP contribution in [0.15, 0.2) is 72.3 Å². The second kappa shape index (κ2) is 9.53. The Bertz CT molecular complexity index is 1180. The summed E-state index contributed by atoms with van der Waals surface area (Å²) in [6.45, 7) is 3.72. The highest BCUT2D eigenvalue weighted by molar-refractivity contribution is 5.86. The van der Waals surface area contributed by atoms with Crippen molar-refractivity contribution in [2.24, 2.45) is 5.92 Å². The van der Waals surface area contributed by atoms with Crippen LogP contribution < -0.4 is 10.2 Å². The van der Waals surface area contributed by atoms with Crippen LogP contribution in [-0.4, -0.2) is 39.7 Å². The average Bonchev–Trinajstić information content (AvgIpc) is 3.17.